The molecule has 0 radical (unpaired) electrons. The molecule has 0 bridgehead atoms. The van der Waals surface area contributed by atoms with Crippen LogP contribution < -0.4 is 20.1 Å². The molecule has 1 atom stereocenters. The SMILES string of the molecule is COc1cc(PCNc2cccnc2)cc(OC)c1O. The molecule has 0 aliphatic rings. The van der Waals surface area contributed by atoms with Crippen molar-refractivity contribution in [1.29, 1.82) is 0 Å². The number of rotatable bonds is 6. The topological polar surface area (TPSA) is 63.6 Å². The maximum Gasteiger partial charge on any atom is 0.200 e. The highest BCUT2D eigenvalue weighted by Crippen LogP contribution is 2.36. The lowest BCUT2D eigenvalue weighted by Gasteiger charge is -2.12. The second kappa shape index (κ2) is 6.96. The third-order valence-corrected chi connectivity index (χ3v) is 3.78. The van der Waals surface area contributed by atoms with Crippen LogP contribution in [0, 0.1) is 0 Å². The van der Waals surface area contributed by atoms with E-state index in [0.717, 1.165) is 17.3 Å². The Morgan fingerprint density at radius 2 is 1.95 bits per heavy atom. The van der Waals surface area contributed by atoms with Crippen LogP contribution in [0.25, 0.3) is 0 Å². The Morgan fingerprint density at radius 1 is 1.25 bits per heavy atom. The fraction of sp³-hybridized carbons (Fsp3) is 0.214. The van der Waals surface area contributed by atoms with Crippen LogP contribution in [-0.4, -0.2) is 30.6 Å². The van der Waals surface area contributed by atoms with Gasteiger partial charge in [0.15, 0.2) is 11.5 Å². The molecule has 0 saturated heterocycles. The zero-order valence-corrected chi connectivity index (χ0v) is 12.4. The van der Waals surface area contributed by atoms with Crippen LogP contribution in [0.2, 0.25) is 0 Å². The summed E-state index contributed by atoms with van der Waals surface area (Å²) in [5.41, 5.74) is 0.984. The molecule has 6 heteroatoms. The third kappa shape index (κ3) is 3.52. The van der Waals surface area contributed by atoms with Crippen LogP contribution in [0.15, 0.2) is 36.7 Å². The van der Waals surface area contributed by atoms with Crippen molar-refractivity contribution < 1.29 is 14.6 Å². The lowest BCUT2D eigenvalue weighted by atomic mass is 10.3. The normalized spacial score (nSPS) is 10.7. The Morgan fingerprint density at radius 3 is 2.50 bits per heavy atom. The summed E-state index contributed by atoms with van der Waals surface area (Å²) < 4.78 is 10.3. The van der Waals surface area contributed by atoms with E-state index in [9.17, 15) is 5.11 Å². The number of hydrogen-bond acceptors (Lipinski definition) is 5. The molecule has 1 aromatic carbocycles. The van der Waals surface area contributed by atoms with Gasteiger partial charge in [-0.15, -0.1) is 0 Å². The van der Waals surface area contributed by atoms with E-state index < -0.39 is 0 Å². The first-order valence-corrected chi connectivity index (χ1v) is 7.28. The van der Waals surface area contributed by atoms with Gasteiger partial charge in [-0.2, -0.15) is 0 Å². The number of benzene rings is 1. The maximum absolute atomic E-state index is 9.85. The van der Waals surface area contributed by atoms with Gasteiger partial charge >= 0.3 is 0 Å². The number of aromatic hydroxyl groups is 1. The van der Waals surface area contributed by atoms with Crippen molar-refractivity contribution >= 4 is 19.6 Å². The average Bonchev–Trinajstić information content (AvgIpc) is 2.49. The number of nitrogens with zero attached hydrogens (tertiary/aromatic N) is 1. The Bertz CT molecular complexity index is 539. The average molecular weight is 292 g/mol. The highest BCUT2D eigenvalue weighted by Gasteiger charge is 2.10. The first-order chi connectivity index (χ1) is 9.74. The monoisotopic (exact) mass is 292 g/mol. The summed E-state index contributed by atoms with van der Waals surface area (Å²) in [5, 5.41) is 14.2. The molecule has 0 aliphatic heterocycles. The molecule has 2 rings (SSSR count). The molecule has 2 N–H and O–H groups in total. The van der Waals surface area contributed by atoms with Gasteiger partial charge in [-0.1, -0.05) is 8.58 Å². The number of anilines is 1. The summed E-state index contributed by atoms with van der Waals surface area (Å²) >= 11 is 0. The minimum absolute atomic E-state index is 0.0313. The van der Waals surface area contributed by atoms with E-state index in [-0.39, 0.29) is 5.75 Å². The van der Waals surface area contributed by atoms with E-state index in [2.05, 4.69) is 10.3 Å². The molecule has 0 fully saturated rings. The predicted octanol–water partition coefficient (Wildman–Crippen LogP) is 2.18. The Kier molecular flexibility index (Phi) is 5.02. The smallest absolute Gasteiger partial charge is 0.200 e. The Labute approximate surface area is 119 Å². The standard InChI is InChI=1S/C14H17N2O3P/c1-18-12-6-11(7-13(19-2)14(12)17)20-9-16-10-4-3-5-15-8-10/h3-8,16-17,20H,9H2,1-2H3. The van der Waals surface area contributed by atoms with Crippen LogP contribution in [-0.2, 0) is 0 Å². The summed E-state index contributed by atoms with van der Waals surface area (Å²) in [6.07, 6.45) is 4.30. The molecular formula is C14H17N2O3P. The molecule has 106 valence electrons. The predicted molar refractivity (Wildman–Crippen MR) is 81.9 cm³/mol. The van der Waals surface area contributed by atoms with Crippen LogP contribution >= 0.6 is 8.58 Å². The van der Waals surface area contributed by atoms with Gasteiger partial charge in [0.1, 0.15) is 0 Å². The highest BCUT2D eigenvalue weighted by atomic mass is 31.1. The zero-order chi connectivity index (χ0) is 14.4. The lowest BCUT2D eigenvalue weighted by molar-refractivity contribution is 0.340. The van der Waals surface area contributed by atoms with Crippen LogP contribution in [0.5, 0.6) is 17.2 Å². The number of nitrogens with one attached hydrogen (secondary N) is 1. The number of hydrogen-bond donors (Lipinski definition) is 2. The molecule has 20 heavy (non-hydrogen) atoms. The van der Waals surface area contributed by atoms with Crippen LogP contribution in [0.4, 0.5) is 5.69 Å². The molecule has 0 saturated carbocycles. The number of methoxy groups -OCH3 is 2. The van der Waals surface area contributed by atoms with Gasteiger partial charge < -0.3 is 19.9 Å². The summed E-state index contributed by atoms with van der Waals surface area (Å²) in [6.45, 7) is 0. The fourth-order valence-electron chi connectivity index (χ4n) is 1.71. The zero-order valence-electron chi connectivity index (χ0n) is 11.4. The number of phenols is 1. The number of aromatic nitrogens is 1. The number of ether oxygens (including phenoxy) is 2. The van der Waals surface area contributed by atoms with Crippen molar-refractivity contribution in [2.24, 2.45) is 0 Å². The molecule has 1 aromatic heterocycles. The van der Waals surface area contributed by atoms with Gasteiger partial charge in [0.25, 0.3) is 0 Å². The van der Waals surface area contributed by atoms with Gasteiger partial charge in [0, 0.05) is 18.7 Å². The van der Waals surface area contributed by atoms with Crippen LogP contribution in [0.1, 0.15) is 0 Å². The summed E-state index contributed by atoms with van der Waals surface area (Å²) in [4.78, 5) is 4.04. The molecule has 2 aromatic rings. The minimum atomic E-state index is 0.0313. The van der Waals surface area contributed by atoms with E-state index >= 15 is 0 Å². The highest BCUT2D eigenvalue weighted by molar-refractivity contribution is 7.47. The summed E-state index contributed by atoms with van der Waals surface area (Å²) in [6, 6.07) is 7.50. The van der Waals surface area contributed by atoms with E-state index in [1.165, 1.54) is 14.2 Å². The second-order valence-electron chi connectivity index (χ2n) is 4.00. The Balaban J connectivity index is 2.02. The number of pyridine rings is 1. The largest absolute Gasteiger partial charge is 0.502 e. The van der Waals surface area contributed by atoms with Gasteiger partial charge in [0.2, 0.25) is 5.75 Å². The van der Waals surface area contributed by atoms with E-state index in [1.54, 1.807) is 12.4 Å². The van der Waals surface area contributed by atoms with Crippen molar-refractivity contribution in [3.63, 3.8) is 0 Å². The van der Waals surface area contributed by atoms with E-state index in [1.807, 2.05) is 24.3 Å². The van der Waals surface area contributed by atoms with Crippen molar-refractivity contribution in [2.45, 2.75) is 0 Å². The van der Waals surface area contributed by atoms with Crippen molar-refractivity contribution in [3.05, 3.63) is 36.7 Å². The quantitative estimate of drug-likeness (QED) is 0.799. The third-order valence-electron chi connectivity index (χ3n) is 2.73. The van der Waals surface area contributed by atoms with Crippen molar-refractivity contribution in [1.82, 2.24) is 4.98 Å². The summed E-state index contributed by atoms with van der Waals surface area (Å²) in [7, 11) is 3.56. The Hall–Kier alpha value is -2.00. The maximum atomic E-state index is 9.85. The first-order valence-electron chi connectivity index (χ1n) is 6.07. The molecule has 0 aliphatic carbocycles. The number of phenolic OH excluding ortho intramolecular Hbond substituents is 1. The summed E-state index contributed by atoms with van der Waals surface area (Å²) in [5.74, 6) is 0.880. The molecular weight excluding hydrogens is 275 g/mol. The van der Waals surface area contributed by atoms with E-state index in [0.29, 0.717) is 20.1 Å². The van der Waals surface area contributed by atoms with Crippen molar-refractivity contribution in [3.8, 4) is 17.2 Å². The van der Waals surface area contributed by atoms with Gasteiger partial charge in [0.05, 0.1) is 19.9 Å². The van der Waals surface area contributed by atoms with Gasteiger partial charge in [-0.05, 0) is 29.6 Å². The first kappa shape index (κ1) is 14.4. The second-order valence-corrected chi connectivity index (χ2v) is 5.29. The van der Waals surface area contributed by atoms with Crippen LogP contribution in [0.3, 0.4) is 0 Å². The molecule has 1 unspecified atom stereocenters. The minimum Gasteiger partial charge on any atom is -0.502 e. The lowest BCUT2D eigenvalue weighted by Crippen LogP contribution is -2.04. The fourth-order valence-corrected chi connectivity index (χ4v) is 2.67. The molecule has 0 spiro atoms. The molecule has 0 amide bonds. The van der Waals surface area contributed by atoms with Crippen molar-refractivity contribution in [2.75, 3.05) is 25.8 Å². The van der Waals surface area contributed by atoms with Gasteiger partial charge in [-0.3, -0.25) is 4.98 Å². The van der Waals surface area contributed by atoms with Gasteiger partial charge in [-0.25, -0.2) is 0 Å². The van der Waals surface area contributed by atoms with E-state index in [4.69, 9.17) is 9.47 Å². The molecule has 5 nitrogen and oxygen atoms in total. The molecule has 1 heterocycles.